The molecule has 0 saturated carbocycles. The first-order valence-corrected chi connectivity index (χ1v) is 6.75. The molecule has 0 aliphatic carbocycles. The maximum atomic E-state index is 14.7. The Morgan fingerprint density at radius 3 is 2.48 bits per heavy atom. The predicted molar refractivity (Wildman–Crippen MR) is 68.1 cm³/mol. The first kappa shape index (κ1) is 15.7. The molecule has 1 fully saturated rings. The molecular weight excluding hydrogens is 288 g/mol. The van der Waals surface area contributed by atoms with Crippen molar-refractivity contribution in [2.75, 3.05) is 13.1 Å². The van der Waals surface area contributed by atoms with Crippen LogP contribution in [0.1, 0.15) is 31.4 Å². The predicted octanol–water partition coefficient (Wildman–Crippen LogP) is 3.21. The van der Waals surface area contributed by atoms with Gasteiger partial charge >= 0.3 is 6.18 Å². The van der Waals surface area contributed by atoms with E-state index >= 15 is 0 Å². The lowest BCUT2D eigenvalue weighted by Gasteiger charge is -2.36. The van der Waals surface area contributed by atoms with Gasteiger partial charge in [-0.15, -0.1) is 0 Å². The summed E-state index contributed by atoms with van der Waals surface area (Å²) in [5, 5.41) is 0. The molecule has 3 nitrogen and oxygen atoms in total. The molecule has 0 bridgehead atoms. The summed E-state index contributed by atoms with van der Waals surface area (Å²) in [4.78, 5) is 17.0. The van der Waals surface area contributed by atoms with Gasteiger partial charge in [-0.05, 0) is 12.1 Å². The molecule has 0 radical (unpaired) electrons. The van der Waals surface area contributed by atoms with E-state index in [1.165, 1.54) is 11.1 Å². The number of piperidine rings is 1. The van der Waals surface area contributed by atoms with Crippen LogP contribution in [-0.2, 0) is 10.5 Å². The molecule has 7 heteroatoms. The standard InChI is InChI=1S/C14H16F4N2O/c15-13(11-3-1-2-8-19-11)6-9-20(10-7-13)12(21)4-5-14(16,17)18/h1-3,8H,4-7,9-10H2. The van der Waals surface area contributed by atoms with Gasteiger partial charge in [-0.25, -0.2) is 4.39 Å². The van der Waals surface area contributed by atoms with Crippen LogP contribution in [0.4, 0.5) is 17.6 Å². The lowest BCUT2D eigenvalue weighted by atomic mass is 9.89. The SMILES string of the molecule is O=C(CCC(F)(F)F)N1CCC(F)(c2ccccn2)CC1. The van der Waals surface area contributed by atoms with Gasteiger partial charge in [-0.3, -0.25) is 9.78 Å². The molecule has 116 valence electrons. The maximum absolute atomic E-state index is 14.7. The molecule has 21 heavy (non-hydrogen) atoms. The minimum atomic E-state index is -4.34. The Kier molecular flexibility index (Phi) is 4.49. The molecule has 2 heterocycles. The second kappa shape index (κ2) is 5.99. The molecule has 1 aliphatic heterocycles. The van der Waals surface area contributed by atoms with Crippen LogP contribution < -0.4 is 0 Å². The van der Waals surface area contributed by atoms with Crippen molar-refractivity contribution < 1.29 is 22.4 Å². The average Bonchev–Trinajstić information content (AvgIpc) is 2.46. The number of aromatic nitrogens is 1. The van der Waals surface area contributed by atoms with Gasteiger partial charge in [0, 0.05) is 38.5 Å². The van der Waals surface area contributed by atoms with Gasteiger partial charge < -0.3 is 4.90 Å². The summed E-state index contributed by atoms with van der Waals surface area (Å²) in [6.45, 7) is 0.230. The summed E-state index contributed by atoms with van der Waals surface area (Å²) in [5.74, 6) is -0.574. The summed E-state index contributed by atoms with van der Waals surface area (Å²) in [6, 6.07) is 4.95. The van der Waals surface area contributed by atoms with E-state index < -0.39 is 30.6 Å². The fraction of sp³-hybridized carbons (Fsp3) is 0.571. The molecule has 1 aromatic rings. The van der Waals surface area contributed by atoms with E-state index in [4.69, 9.17) is 0 Å². The Morgan fingerprint density at radius 1 is 1.29 bits per heavy atom. The first-order chi connectivity index (χ1) is 9.80. The molecule has 1 aliphatic rings. The van der Waals surface area contributed by atoms with Crippen LogP contribution in [0.3, 0.4) is 0 Å². The summed E-state index contributed by atoms with van der Waals surface area (Å²) < 4.78 is 51.0. The van der Waals surface area contributed by atoms with Gasteiger partial charge in [0.05, 0.1) is 12.1 Å². The minimum Gasteiger partial charge on any atom is -0.342 e. The van der Waals surface area contributed by atoms with Crippen LogP contribution in [0.2, 0.25) is 0 Å². The molecule has 0 aromatic carbocycles. The Morgan fingerprint density at radius 2 is 1.95 bits per heavy atom. The lowest BCUT2D eigenvalue weighted by molar-refractivity contribution is -0.150. The van der Waals surface area contributed by atoms with Gasteiger partial charge in [0.25, 0.3) is 0 Å². The molecule has 0 atom stereocenters. The number of likely N-dealkylation sites (tertiary alicyclic amines) is 1. The molecule has 1 saturated heterocycles. The van der Waals surface area contributed by atoms with Crippen molar-refractivity contribution in [1.82, 2.24) is 9.88 Å². The quantitative estimate of drug-likeness (QED) is 0.803. The van der Waals surface area contributed by atoms with Crippen LogP contribution in [0, 0.1) is 0 Å². The fourth-order valence-electron chi connectivity index (χ4n) is 2.40. The van der Waals surface area contributed by atoms with Gasteiger partial charge in [-0.1, -0.05) is 6.07 Å². The van der Waals surface area contributed by atoms with Crippen LogP contribution in [0.25, 0.3) is 0 Å². The number of pyridine rings is 1. The number of hydrogen-bond acceptors (Lipinski definition) is 2. The molecule has 1 aromatic heterocycles. The van der Waals surface area contributed by atoms with Crippen molar-refractivity contribution in [1.29, 1.82) is 0 Å². The van der Waals surface area contributed by atoms with Crippen molar-refractivity contribution >= 4 is 5.91 Å². The number of alkyl halides is 4. The van der Waals surface area contributed by atoms with Crippen molar-refractivity contribution in [2.24, 2.45) is 0 Å². The third-order valence-electron chi connectivity index (χ3n) is 3.65. The Labute approximate surface area is 120 Å². The third-order valence-corrected chi connectivity index (χ3v) is 3.65. The number of carbonyl (C=O) groups is 1. The Bertz CT molecular complexity index is 481. The first-order valence-electron chi connectivity index (χ1n) is 6.75. The van der Waals surface area contributed by atoms with E-state index in [2.05, 4.69) is 4.98 Å². The number of amides is 1. The van der Waals surface area contributed by atoms with E-state index in [-0.39, 0.29) is 25.9 Å². The van der Waals surface area contributed by atoms with Crippen molar-refractivity contribution in [2.45, 2.75) is 37.5 Å². The number of rotatable bonds is 3. The molecule has 0 spiro atoms. The summed E-state index contributed by atoms with van der Waals surface area (Å²) in [7, 11) is 0. The van der Waals surface area contributed by atoms with Gasteiger partial charge in [0.1, 0.15) is 0 Å². The Hall–Kier alpha value is -1.66. The Balaban J connectivity index is 1.90. The summed E-state index contributed by atoms with van der Waals surface area (Å²) in [6.07, 6.45) is -4.44. The van der Waals surface area contributed by atoms with E-state index in [1.807, 2.05) is 0 Å². The highest BCUT2D eigenvalue weighted by Crippen LogP contribution is 2.36. The zero-order valence-corrected chi connectivity index (χ0v) is 11.4. The normalized spacial score (nSPS) is 18.6. The second-order valence-electron chi connectivity index (χ2n) is 5.18. The van der Waals surface area contributed by atoms with Crippen molar-refractivity contribution in [3.05, 3.63) is 30.1 Å². The largest absolute Gasteiger partial charge is 0.389 e. The molecule has 0 unspecified atom stereocenters. The van der Waals surface area contributed by atoms with E-state index in [0.717, 1.165) is 0 Å². The van der Waals surface area contributed by atoms with Crippen LogP contribution in [0.15, 0.2) is 24.4 Å². The molecule has 2 rings (SSSR count). The highest BCUT2D eigenvalue weighted by Gasteiger charge is 2.39. The average molecular weight is 304 g/mol. The second-order valence-corrected chi connectivity index (χ2v) is 5.18. The highest BCUT2D eigenvalue weighted by atomic mass is 19.4. The number of halogens is 4. The topological polar surface area (TPSA) is 33.2 Å². The maximum Gasteiger partial charge on any atom is 0.389 e. The summed E-state index contributed by atoms with van der Waals surface area (Å²) in [5.41, 5.74) is -1.30. The molecule has 1 amide bonds. The van der Waals surface area contributed by atoms with Gasteiger partial charge in [-0.2, -0.15) is 13.2 Å². The number of nitrogens with zero attached hydrogens (tertiary/aromatic N) is 2. The van der Waals surface area contributed by atoms with Crippen molar-refractivity contribution in [3.63, 3.8) is 0 Å². The zero-order chi connectivity index (χ0) is 15.5. The summed E-state index contributed by atoms with van der Waals surface area (Å²) >= 11 is 0. The van der Waals surface area contributed by atoms with Crippen molar-refractivity contribution in [3.8, 4) is 0 Å². The lowest BCUT2D eigenvalue weighted by Crippen LogP contribution is -2.43. The molecular formula is C14H16F4N2O. The highest BCUT2D eigenvalue weighted by molar-refractivity contribution is 5.76. The van der Waals surface area contributed by atoms with E-state index in [9.17, 15) is 22.4 Å². The molecule has 0 N–H and O–H groups in total. The van der Waals surface area contributed by atoms with E-state index in [0.29, 0.717) is 5.69 Å². The van der Waals surface area contributed by atoms with Gasteiger partial charge in [0.15, 0.2) is 5.67 Å². The van der Waals surface area contributed by atoms with Crippen LogP contribution in [-0.4, -0.2) is 35.1 Å². The third kappa shape index (κ3) is 4.15. The fourth-order valence-corrected chi connectivity index (χ4v) is 2.40. The van der Waals surface area contributed by atoms with Crippen LogP contribution in [0.5, 0.6) is 0 Å². The van der Waals surface area contributed by atoms with E-state index in [1.54, 1.807) is 18.2 Å². The minimum absolute atomic E-state index is 0.0573. The number of carbonyl (C=O) groups excluding carboxylic acids is 1. The smallest absolute Gasteiger partial charge is 0.342 e. The monoisotopic (exact) mass is 304 g/mol. The van der Waals surface area contributed by atoms with Crippen LogP contribution >= 0.6 is 0 Å². The van der Waals surface area contributed by atoms with Gasteiger partial charge in [0.2, 0.25) is 5.91 Å². The number of hydrogen-bond donors (Lipinski definition) is 0. The zero-order valence-electron chi connectivity index (χ0n) is 11.4.